The van der Waals surface area contributed by atoms with Crippen molar-refractivity contribution in [3.8, 4) is 0 Å². The largest absolute Gasteiger partial charge is 0.354 e. The Balaban J connectivity index is 1.56. The molecule has 1 saturated heterocycles. The van der Waals surface area contributed by atoms with Gasteiger partial charge in [0.25, 0.3) is 5.91 Å². The van der Waals surface area contributed by atoms with Crippen LogP contribution in [-0.4, -0.2) is 45.5 Å². The summed E-state index contributed by atoms with van der Waals surface area (Å²) in [4.78, 5) is 27.2. The minimum absolute atomic E-state index is 0.0134. The number of carbonyl (C=O) groups excluding carboxylic acids is 2. The van der Waals surface area contributed by atoms with Gasteiger partial charge in [0.1, 0.15) is 6.04 Å². The highest BCUT2D eigenvalue weighted by atomic mass is 32.2. The van der Waals surface area contributed by atoms with Crippen LogP contribution < -0.4 is 5.32 Å². The molecule has 1 atom stereocenters. The first-order chi connectivity index (χ1) is 11.6. The van der Waals surface area contributed by atoms with Crippen molar-refractivity contribution in [2.45, 2.75) is 18.9 Å². The number of nitrogens with zero attached hydrogens (tertiary/aromatic N) is 2. The molecule has 5 nitrogen and oxygen atoms in total. The Kier molecular flexibility index (Phi) is 4.00. The van der Waals surface area contributed by atoms with Crippen molar-refractivity contribution in [1.82, 2.24) is 14.8 Å². The SMILES string of the molecule is Cn1ccc2c(C(=O)N3CSCC3C(=O)NCC3CC3)cccc21. The molecule has 1 aromatic carbocycles. The molecule has 2 heterocycles. The van der Waals surface area contributed by atoms with E-state index in [1.807, 2.05) is 42.1 Å². The summed E-state index contributed by atoms with van der Waals surface area (Å²) in [6.07, 6.45) is 4.37. The Labute approximate surface area is 145 Å². The van der Waals surface area contributed by atoms with Crippen molar-refractivity contribution in [1.29, 1.82) is 0 Å². The van der Waals surface area contributed by atoms with Gasteiger partial charge in [0.05, 0.1) is 5.88 Å². The molecule has 24 heavy (non-hydrogen) atoms. The van der Waals surface area contributed by atoms with Gasteiger partial charge in [0.2, 0.25) is 5.91 Å². The van der Waals surface area contributed by atoms with Crippen LogP contribution in [0.4, 0.5) is 0 Å². The zero-order valence-corrected chi connectivity index (χ0v) is 14.5. The van der Waals surface area contributed by atoms with Crippen molar-refractivity contribution < 1.29 is 9.59 Å². The first-order valence-corrected chi connectivity index (χ1v) is 9.51. The topological polar surface area (TPSA) is 54.3 Å². The van der Waals surface area contributed by atoms with Crippen molar-refractivity contribution >= 4 is 34.5 Å². The molecule has 2 amide bonds. The Morgan fingerprint density at radius 3 is 2.92 bits per heavy atom. The summed E-state index contributed by atoms with van der Waals surface area (Å²) in [6, 6.07) is 7.37. The van der Waals surface area contributed by atoms with E-state index in [4.69, 9.17) is 0 Å². The Bertz CT molecular complexity index is 797. The van der Waals surface area contributed by atoms with E-state index in [1.54, 1.807) is 16.7 Å². The number of aromatic nitrogens is 1. The van der Waals surface area contributed by atoms with E-state index in [0.29, 0.717) is 23.1 Å². The molecule has 2 fully saturated rings. The molecule has 1 unspecified atom stereocenters. The zero-order chi connectivity index (χ0) is 16.7. The summed E-state index contributed by atoms with van der Waals surface area (Å²) >= 11 is 1.64. The molecule has 1 saturated carbocycles. The van der Waals surface area contributed by atoms with Gasteiger partial charge in [-0.25, -0.2) is 0 Å². The molecular formula is C18H21N3O2S. The van der Waals surface area contributed by atoms with Crippen LogP contribution >= 0.6 is 11.8 Å². The third kappa shape index (κ3) is 2.79. The predicted molar refractivity (Wildman–Crippen MR) is 95.9 cm³/mol. The summed E-state index contributed by atoms with van der Waals surface area (Å²) in [5.41, 5.74) is 1.71. The van der Waals surface area contributed by atoms with Gasteiger partial charge in [-0.2, -0.15) is 0 Å². The highest BCUT2D eigenvalue weighted by Crippen LogP contribution is 2.29. The molecule has 6 heteroatoms. The quantitative estimate of drug-likeness (QED) is 0.926. The van der Waals surface area contributed by atoms with Crippen LogP contribution in [-0.2, 0) is 11.8 Å². The van der Waals surface area contributed by atoms with Gasteiger partial charge in [0, 0.05) is 42.0 Å². The van der Waals surface area contributed by atoms with Crippen LogP contribution in [0.5, 0.6) is 0 Å². The third-order valence-electron chi connectivity index (χ3n) is 4.87. The minimum Gasteiger partial charge on any atom is -0.354 e. The van der Waals surface area contributed by atoms with E-state index in [9.17, 15) is 9.59 Å². The number of hydrogen-bond donors (Lipinski definition) is 1. The number of thioether (sulfide) groups is 1. The van der Waals surface area contributed by atoms with Crippen LogP contribution in [0.3, 0.4) is 0 Å². The zero-order valence-electron chi connectivity index (χ0n) is 13.7. The van der Waals surface area contributed by atoms with Gasteiger partial charge < -0.3 is 14.8 Å². The molecule has 1 N–H and O–H groups in total. The number of fused-ring (bicyclic) bond motifs is 1. The van der Waals surface area contributed by atoms with E-state index in [1.165, 1.54) is 12.8 Å². The molecule has 0 spiro atoms. The number of benzene rings is 1. The summed E-state index contributed by atoms with van der Waals surface area (Å²) < 4.78 is 2.00. The molecule has 0 bridgehead atoms. The smallest absolute Gasteiger partial charge is 0.255 e. The highest BCUT2D eigenvalue weighted by Gasteiger charge is 2.36. The van der Waals surface area contributed by atoms with Crippen molar-refractivity contribution in [2.24, 2.45) is 13.0 Å². The monoisotopic (exact) mass is 343 g/mol. The fraction of sp³-hybridized carbons (Fsp3) is 0.444. The van der Waals surface area contributed by atoms with E-state index in [0.717, 1.165) is 17.4 Å². The maximum Gasteiger partial charge on any atom is 0.255 e. The number of hydrogen-bond acceptors (Lipinski definition) is 3. The molecular weight excluding hydrogens is 322 g/mol. The van der Waals surface area contributed by atoms with Gasteiger partial charge in [-0.3, -0.25) is 9.59 Å². The second-order valence-electron chi connectivity index (χ2n) is 6.64. The number of rotatable bonds is 4. The molecule has 2 aliphatic rings. The van der Waals surface area contributed by atoms with Crippen LogP contribution in [0.15, 0.2) is 30.5 Å². The summed E-state index contributed by atoms with van der Waals surface area (Å²) in [7, 11) is 1.97. The van der Waals surface area contributed by atoms with E-state index < -0.39 is 0 Å². The summed E-state index contributed by atoms with van der Waals surface area (Å²) in [6.45, 7) is 0.746. The van der Waals surface area contributed by atoms with E-state index >= 15 is 0 Å². The molecule has 1 aliphatic heterocycles. The lowest BCUT2D eigenvalue weighted by atomic mass is 10.1. The van der Waals surface area contributed by atoms with Gasteiger partial charge >= 0.3 is 0 Å². The number of aryl methyl sites for hydroxylation is 1. The van der Waals surface area contributed by atoms with Crippen molar-refractivity contribution in [2.75, 3.05) is 18.2 Å². The molecule has 4 rings (SSSR count). The standard InChI is InChI=1S/C18H21N3O2S/c1-20-8-7-13-14(3-2-4-15(13)20)18(23)21-11-24-10-16(21)17(22)19-9-12-5-6-12/h2-4,7-8,12,16H,5-6,9-11H2,1H3,(H,19,22). The predicted octanol–water partition coefficient (Wildman–Crippen LogP) is 2.22. The van der Waals surface area contributed by atoms with Gasteiger partial charge in [-0.05, 0) is 37.0 Å². The fourth-order valence-corrected chi connectivity index (χ4v) is 4.34. The maximum absolute atomic E-state index is 13.1. The number of carbonyl (C=O) groups is 2. The van der Waals surface area contributed by atoms with E-state index in [-0.39, 0.29) is 17.9 Å². The summed E-state index contributed by atoms with van der Waals surface area (Å²) in [5.74, 6) is 1.82. The maximum atomic E-state index is 13.1. The first kappa shape index (κ1) is 15.6. The lowest BCUT2D eigenvalue weighted by molar-refractivity contribution is -0.124. The molecule has 1 aromatic heterocycles. The lowest BCUT2D eigenvalue weighted by Gasteiger charge is -2.23. The second kappa shape index (κ2) is 6.16. The van der Waals surface area contributed by atoms with Crippen molar-refractivity contribution in [3.63, 3.8) is 0 Å². The van der Waals surface area contributed by atoms with Gasteiger partial charge in [-0.15, -0.1) is 11.8 Å². The number of nitrogens with one attached hydrogen (secondary N) is 1. The average Bonchev–Trinajstić information content (AvgIpc) is 3.15. The fourth-order valence-electron chi connectivity index (χ4n) is 3.19. The lowest BCUT2D eigenvalue weighted by Crippen LogP contribution is -2.47. The average molecular weight is 343 g/mol. The van der Waals surface area contributed by atoms with E-state index in [2.05, 4.69) is 5.32 Å². The molecule has 1 aliphatic carbocycles. The van der Waals surface area contributed by atoms with Crippen LogP contribution in [0.2, 0.25) is 0 Å². The summed E-state index contributed by atoms with van der Waals surface area (Å²) in [5, 5.41) is 3.96. The second-order valence-corrected chi connectivity index (χ2v) is 7.64. The molecule has 0 radical (unpaired) electrons. The molecule has 126 valence electrons. The minimum atomic E-state index is -0.361. The van der Waals surface area contributed by atoms with Crippen molar-refractivity contribution in [3.05, 3.63) is 36.0 Å². The normalized spacial score (nSPS) is 20.5. The van der Waals surface area contributed by atoms with Gasteiger partial charge in [-0.1, -0.05) is 6.07 Å². The molecule has 2 aromatic rings. The Hall–Kier alpha value is -1.95. The van der Waals surface area contributed by atoms with Crippen LogP contribution in [0.1, 0.15) is 23.2 Å². The Morgan fingerprint density at radius 1 is 1.29 bits per heavy atom. The van der Waals surface area contributed by atoms with Gasteiger partial charge in [0.15, 0.2) is 0 Å². The Morgan fingerprint density at radius 2 is 2.12 bits per heavy atom. The first-order valence-electron chi connectivity index (χ1n) is 8.35. The third-order valence-corrected chi connectivity index (χ3v) is 5.88. The van der Waals surface area contributed by atoms with Crippen LogP contribution in [0, 0.1) is 5.92 Å². The highest BCUT2D eigenvalue weighted by molar-refractivity contribution is 7.99. The van der Waals surface area contributed by atoms with Crippen LogP contribution in [0.25, 0.3) is 10.9 Å². The number of amides is 2.